The lowest BCUT2D eigenvalue weighted by Crippen LogP contribution is -2.46. The van der Waals surface area contributed by atoms with Crippen molar-refractivity contribution in [1.82, 2.24) is 4.72 Å². The van der Waals surface area contributed by atoms with Gasteiger partial charge < -0.3 is 4.74 Å². The summed E-state index contributed by atoms with van der Waals surface area (Å²) in [5.41, 5.74) is -0.948. The van der Waals surface area contributed by atoms with E-state index in [1.807, 2.05) is 6.92 Å². The Labute approximate surface area is 125 Å². The van der Waals surface area contributed by atoms with Crippen molar-refractivity contribution in [3.63, 3.8) is 0 Å². The maximum absolute atomic E-state index is 12.3. The molecule has 1 atom stereocenters. The summed E-state index contributed by atoms with van der Waals surface area (Å²) in [6.07, 6.45) is 0.283. The summed E-state index contributed by atoms with van der Waals surface area (Å²) in [5.74, 6) is 0.428. The number of hydrogen-bond acceptors (Lipinski definition) is 5. The highest BCUT2D eigenvalue weighted by molar-refractivity contribution is 7.92. The SMILES string of the molecule is CCOc1ccc(S(=O)(=O)N[C@]2(C)CCS(=O)(=O)C2)cc1. The molecule has 1 fully saturated rings. The molecule has 0 amide bonds. The van der Waals surface area contributed by atoms with Gasteiger partial charge in [0.15, 0.2) is 9.84 Å². The van der Waals surface area contributed by atoms with Crippen LogP contribution in [0.4, 0.5) is 0 Å². The Morgan fingerprint density at radius 1 is 1.29 bits per heavy atom. The minimum Gasteiger partial charge on any atom is -0.494 e. The number of hydrogen-bond donors (Lipinski definition) is 1. The van der Waals surface area contributed by atoms with Crippen LogP contribution >= 0.6 is 0 Å². The number of sulfone groups is 1. The van der Waals surface area contributed by atoms with Crippen LogP contribution in [0.5, 0.6) is 5.75 Å². The summed E-state index contributed by atoms with van der Waals surface area (Å²) in [6, 6.07) is 6.04. The third kappa shape index (κ3) is 3.96. The van der Waals surface area contributed by atoms with Gasteiger partial charge >= 0.3 is 0 Å². The van der Waals surface area contributed by atoms with Crippen LogP contribution in [0.1, 0.15) is 20.3 Å². The molecule has 0 aromatic heterocycles. The molecule has 1 saturated heterocycles. The molecule has 0 radical (unpaired) electrons. The fourth-order valence-corrected chi connectivity index (χ4v) is 5.98. The van der Waals surface area contributed by atoms with Crippen LogP contribution in [0.3, 0.4) is 0 Å². The van der Waals surface area contributed by atoms with Gasteiger partial charge in [0.05, 0.1) is 23.0 Å². The zero-order valence-corrected chi connectivity index (χ0v) is 13.6. The molecule has 1 aliphatic heterocycles. The third-order valence-electron chi connectivity index (χ3n) is 3.33. The average Bonchev–Trinajstić information content (AvgIpc) is 2.63. The number of ether oxygens (including phenoxy) is 1. The van der Waals surface area contributed by atoms with E-state index in [4.69, 9.17) is 4.74 Å². The first kappa shape index (κ1) is 16.3. The van der Waals surface area contributed by atoms with Crippen LogP contribution in [-0.2, 0) is 19.9 Å². The topological polar surface area (TPSA) is 89.5 Å². The summed E-state index contributed by atoms with van der Waals surface area (Å²) in [5, 5.41) is 0. The lowest BCUT2D eigenvalue weighted by Gasteiger charge is -2.23. The van der Waals surface area contributed by atoms with Gasteiger partial charge in [-0.15, -0.1) is 0 Å². The number of sulfonamides is 1. The summed E-state index contributed by atoms with van der Waals surface area (Å²) < 4.78 is 55.5. The first-order valence-corrected chi connectivity index (χ1v) is 9.94. The Hall–Kier alpha value is -1.12. The van der Waals surface area contributed by atoms with E-state index >= 15 is 0 Å². The summed E-state index contributed by atoms with van der Waals surface area (Å²) >= 11 is 0. The van der Waals surface area contributed by atoms with Crippen molar-refractivity contribution < 1.29 is 21.6 Å². The molecule has 1 heterocycles. The molecular weight excluding hydrogens is 314 g/mol. The van der Waals surface area contributed by atoms with E-state index in [2.05, 4.69) is 4.72 Å². The van der Waals surface area contributed by atoms with E-state index in [1.165, 1.54) is 12.1 Å². The minimum absolute atomic E-state index is 0.00922. The summed E-state index contributed by atoms with van der Waals surface area (Å²) in [7, 11) is -6.92. The molecule has 118 valence electrons. The molecule has 2 rings (SSSR count). The second-order valence-electron chi connectivity index (χ2n) is 5.41. The fourth-order valence-electron chi connectivity index (χ4n) is 2.36. The highest BCUT2D eigenvalue weighted by atomic mass is 32.2. The molecule has 1 aromatic rings. The molecule has 0 bridgehead atoms. The van der Waals surface area contributed by atoms with Gasteiger partial charge in [-0.25, -0.2) is 21.6 Å². The molecule has 1 N–H and O–H groups in total. The molecule has 0 spiro atoms. The monoisotopic (exact) mass is 333 g/mol. The molecular formula is C13H19NO5S2. The van der Waals surface area contributed by atoms with E-state index in [0.717, 1.165) is 0 Å². The lowest BCUT2D eigenvalue weighted by atomic mass is 10.0. The average molecular weight is 333 g/mol. The van der Waals surface area contributed by atoms with E-state index in [-0.39, 0.29) is 22.8 Å². The van der Waals surface area contributed by atoms with Gasteiger partial charge in [0, 0.05) is 5.54 Å². The standard InChI is InChI=1S/C13H19NO5S2/c1-3-19-11-4-6-12(7-5-11)21(17,18)14-13(2)8-9-20(15,16)10-13/h4-7,14H,3,8-10H2,1-2H3/t13-/m1/s1. The van der Waals surface area contributed by atoms with Gasteiger partial charge in [0.25, 0.3) is 0 Å². The molecule has 0 unspecified atom stereocenters. The molecule has 0 saturated carbocycles. The van der Waals surface area contributed by atoms with Crippen molar-refractivity contribution in [3.05, 3.63) is 24.3 Å². The Balaban J connectivity index is 2.19. The normalized spacial score (nSPS) is 24.9. The quantitative estimate of drug-likeness (QED) is 0.866. The second kappa shape index (κ2) is 5.58. The van der Waals surface area contributed by atoms with Gasteiger partial charge in [-0.05, 0) is 44.5 Å². The Bertz CT molecular complexity index is 709. The maximum atomic E-state index is 12.3. The largest absolute Gasteiger partial charge is 0.494 e. The van der Waals surface area contributed by atoms with Crippen molar-refractivity contribution in [1.29, 1.82) is 0 Å². The van der Waals surface area contributed by atoms with Crippen molar-refractivity contribution in [2.45, 2.75) is 30.7 Å². The minimum atomic E-state index is -3.75. The van der Waals surface area contributed by atoms with Crippen LogP contribution in [0, 0.1) is 0 Å². The number of benzene rings is 1. The third-order valence-corrected chi connectivity index (χ3v) is 6.89. The molecule has 8 heteroatoms. The van der Waals surface area contributed by atoms with E-state index in [9.17, 15) is 16.8 Å². The number of rotatable bonds is 5. The van der Waals surface area contributed by atoms with Gasteiger partial charge in [-0.3, -0.25) is 0 Å². The van der Waals surface area contributed by atoms with Crippen LogP contribution < -0.4 is 9.46 Å². The van der Waals surface area contributed by atoms with Gasteiger partial charge in [-0.2, -0.15) is 0 Å². The predicted molar refractivity (Wildman–Crippen MR) is 79.6 cm³/mol. The van der Waals surface area contributed by atoms with E-state index < -0.39 is 25.4 Å². The zero-order valence-electron chi connectivity index (χ0n) is 12.0. The van der Waals surface area contributed by atoms with Crippen molar-refractivity contribution >= 4 is 19.9 Å². The maximum Gasteiger partial charge on any atom is 0.241 e. The van der Waals surface area contributed by atoms with Gasteiger partial charge in [-0.1, -0.05) is 0 Å². The molecule has 0 aliphatic carbocycles. The van der Waals surface area contributed by atoms with E-state index in [0.29, 0.717) is 12.4 Å². The summed E-state index contributed by atoms with van der Waals surface area (Å²) in [6.45, 7) is 3.96. The fraction of sp³-hybridized carbons (Fsp3) is 0.538. The first-order valence-electron chi connectivity index (χ1n) is 6.63. The Morgan fingerprint density at radius 2 is 1.90 bits per heavy atom. The van der Waals surface area contributed by atoms with Crippen molar-refractivity contribution in [3.8, 4) is 5.75 Å². The molecule has 21 heavy (non-hydrogen) atoms. The molecule has 6 nitrogen and oxygen atoms in total. The van der Waals surface area contributed by atoms with E-state index in [1.54, 1.807) is 19.1 Å². The highest BCUT2D eigenvalue weighted by Gasteiger charge is 2.41. The van der Waals surface area contributed by atoms with Crippen molar-refractivity contribution in [2.24, 2.45) is 0 Å². The molecule has 1 aromatic carbocycles. The smallest absolute Gasteiger partial charge is 0.241 e. The Morgan fingerprint density at radius 3 is 2.38 bits per heavy atom. The van der Waals surface area contributed by atoms with Crippen LogP contribution in [0.25, 0.3) is 0 Å². The van der Waals surface area contributed by atoms with Gasteiger partial charge in [0.2, 0.25) is 10.0 Å². The first-order chi connectivity index (χ1) is 9.66. The van der Waals surface area contributed by atoms with Crippen LogP contribution in [0.15, 0.2) is 29.2 Å². The predicted octanol–water partition coefficient (Wildman–Crippen LogP) is 0.941. The van der Waals surface area contributed by atoms with Crippen LogP contribution in [0.2, 0.25) is 0 Å². The number of nitrogens with one attached hydrogen (secondary N) is 1. The van der Waals surface area contributed by atoms with Gasteiger partial charge in [0.1, 0.15) is 5.75 Å². The lowest BCUT2D eigenvalue weighted by molar-refractivity contribution is 0.340. The van der Waals surface area contributed by atoms with Crippen LogP contribution in [-0.4, -0.2) is 40.5 Å². The Kier molecular flexibility index (Phi) is 4.32. The highest BCUT2D eigenvalue weighted by Crippen LogP contribution is 2.25. The summed E-state index contributed by atoms with van der Waals surface area (Å²) in [4.78, 5) is 0.0940. The molecule has 1 aliphatic rings. The van der Waals surface area contributed by atoms with Crippen molar-refractivity contribution in [2.75, 3.05) is 18.1 Å². The second-order valence-corrected chi connectivity index (χ2v) is 9.28. The zero-order chi connectivity index (χ0) is 15.7.